The van der Waals surface area contributed by atoms with Crippen LogP contribution in [-0.2, 0) is 11.3 Å². The summed E-state index contributed by atoms with van der Waals surface area (Å²) in [5.74, 6) is 0. The number of carbonyl (C=O) groups is 1. The molecule has 0 unspecified atom stereocenters. The quantitative estimate of drug-likeness (QED) is 0.794. The van der Waals surface area contributed by atoms with Gasteiger partial charge in [-0.15, -0.1) is 11.3 Å². The molecule has 2 N–H and O–H groups in total. The van der Waals surface area contributed by atoms with E-state index in [1.165, 1.54) is 16.0 Å². The molecule has 0 saturated heterocycles. The van der Waals surface area contributed by atoms with Crippen molar-refractivity contribution in [2.75, 3.05) is 0 Å². The molecule has 1 amide bonds. The van der Waals surface area contributed by atoms with E-state index in [1.54, 1.807) is 11.3 Å². The van der Waals surface area contributed by atoms with Gasteiger partial charge in [-0.1, -0.05) is 0 Å². The van der Waals surface area contributed by atoms with Gasteiger partial charge in [0.25, 0.3) is 0 Å². The molecule has 72 valence electrons. The third-order valence-corrected chi connectivity index (χ3v) is 3.41. The van der Waals surface area contributed by atoms with Crippen molar-refractivity contribution in [1.82, 2.24) is 0 Å². The minimum absolute atomic E-state index is 0.292. The summed E-state index contributed by atoms with van der Waals surface area (Å²) in [7, 11) is 0. The highest BCUT2D eigenvalue weighted by atomic mass is 32.1. The van der Waals surface area contributed by atoms with Gasteiger partial charge in [-0.25, -0.2) is 4.79 Å². The maximum absolute atomic E-state index is 10.4. The average molecular weight is 199 g/mol. The molecule has 0 aliphatic rings. The number of primary amides is 1. The van der Waals surface area contributed by atoms with E-state index >= 15 is 0 Å². The summed E-state index contributed by atoms with van der Waals surface area (Å²) in [6.07, 6.45) is -0.719. The summed E-state index contributed by atoms with van der Waals surface area (Å²) >= 11 is 1.65. The smallest absolute Gasteiger partial charge is 0.404 e. The van der Waals surface area contributed by atoms with Crippen LogP contribution in [0, 0.1) is 20.8 Å². The van der Waals surface area contributed by atoms with Crippen LogP contribution in [0.1, 0.15) is 20.9 Å². The lowest BCUT2D eigenvalue weighted by Crippen LogP contribution is -2.12. The Bertz CT molecular complexity index is 331. The Balaban J connectivity index is 2.78. The van der Waals surface area contributed by atoms with Crippen LogP contribution in [-0.4, -0.2) is 6.09 Å². The average Bonchev–Trinajstić information content (AvgIpc) is 2.29. The third kappa shape index (κ3) is 2.21. The number of amides is 1. The molecular formula is C9H13NO2S. The van der Waals surface area contributed by atoms with E-state index in [1.807, 2.05) is 6.92 Å². The number of aryl methyl sites for hydroxylation is 1. The molecular weight excluding hydrogens is 186 g/mol. The van der Waals surface area contributed by atoms with Crippen molar-refractivity contribution in [2.45, 2.75) is 27.4 Å². The van der Waals surface area contributed by atoms with E-state index < -0.39 is 6.09 Å². The van der Waals surface area contributed by atoms with E-state index in [0.29, 0.717) is 6.61 Å². The van der Waals surface area contributed by atoms with Crippen molar-refractivity contribution in [3.05, 3.63) is 20.9 Å². The Morgan fingerprint density at radius 1 is 1.38 bits per heavy atom. The minimum atomic E-state index is -0.719. The van der Waals surface area contributed by atoms with Gasteiger partial charge in [0.15, 0.2) is 0 Å². The van der Waals surface area contributed by atoms with Crippen LogP contribution < -0.4 is 5.73 Å². The van der Waals surface area contributed by atoms with Crippen LogP contribution in [0.5, 0.6) is 0 Å². The Hall–Kier alpha value is -1.03. The lowest BCUT2D eigenvalue weighted by atomic mass is 10.1. The van der Waals surface area contributed by atoms with Gasteiger partial charge in [-0.3, -0.25) is 0 Å². The van der Waals surface area contributed by atoms with E-state index in [2.05, 4.69) is 13.8 Å². The fourth-order valence-electron chi connectivity index (χ4n) is 1.09. The van der Waals surface area contributed by atoms with Crippen LogP contribution in [0.2, 0.25) is 0 Å². The Morgan fingerprint density at radius 3 is 2.38 bits per heavy atom. The maximum Gasteiger partial charge on any atom is 0.404 e. The lowest BCUT2D eigenvalue weighted by molar-refractivity contribution is 0.151. The molecule has 0 aliphatic carbocycles. The zero-order valence-electron chi connectivity index (χ0n) is 8.01. The molecule has 0 saturated carbocycles. The van der Waals surface area contributed by atoms with Crippen molar-refractivity contribution in [3.63, 3.8) is 0 Å². The highest BCUT2D eigenvalue weighted by Gasteiger charge is 2.09. The molecule has 0 spiro atoms. The maximum atomic E-state index is 10.4. The molecule has 0 radical (unpaired) electrons. The molecule has 1 aromatic rings. The Morgan fingerprint density at radius 2 is 2.00 bits per heavy atom. The molecule has 0 fully saturated rings. The van der Waals surface area contributed by atoms with Gasteiger partial charge < -0.3 is 10.5 Å². The van der Waals surface area contributed by atoms with Crippen molar-refractivity contribution < 1.29 is 9.53 Å². The second-order valence-corrected chi connectivity index (χ2v) is 4.25. The molecule has 0 atom stereocenters. The fraction of sp³-hybridized carbons (Fsp3) is 0.444. The van der Waals surface area contributed by atoms with Crippen LogP contribution in [0.15, 0.2) is 0 Å². The first-order valence-electron chi connectivity index (χ1n) is 4.00. The minimum Gasteiger partial charge on any atom is -0.444 e. The number of nitrogens with two attached hydrogens (primary N) is 1. The first-order valence-corrected chi connectivity index (χ1v) is 4.81. The predicted octanol–water partition coefficient (Wildman–Crippen LogP) is 2.27. The molecule has 1 aromatic heterocycles. The second kappa shape index (κ2) is 3.79. The summed E-state index contributed by atoms with van der Waals surface area (Å²) in [5.41, 5.74) is 7.35. The zero-order chi connectivity index (χ0) is 10.0. The van der Waals surface area contributed by atoms with Crippen LogP contribution >= 0.6 is 11.3 Å². The topological polar surface area (TPSA) is 52.3 Å². The van der Waals surface area contributed by atoms with Crippen LogP contribution in [0.25, 0.3) is 0 Å². The predicted molar refractivity (Wildman–Crippen MR) is 52.9 cm³/mol. The van der Waals surface area contributed by atoms with E-state index in [-0.39, 0.29) is 0 Å². The fourth-order valence-corrected chi connectivity index (χ4v) is 2.19. The first kappa shape index (κ1) is 10.1. The van der Waals surface area contributed by atoms with Gasteiger partial charge in [0.05, 0.1) is 0 Å². The van der Waals surface area contributed by atoms with E-state index in [9.17, 15) is 4.79 Å². The molecule has 1 rings (SSSR count). The molecule has 13 heavy (non-hydrogen) atoms. The first-order chi connectivity index (χ1) is 6.02. The van der Waals surface area contributed by atoms with Crippen LogP contribution in [0.3, 0.4) is 0 Å². The lowest BCUT2D eigenvalue weighted by Gasteiger charge is -1.99. The Labute approximate surface area is 81.5 Å². The zero-order valence-corrected chi connectivity index (χ0v) is 8.83. The number of hydrogen-bond acceptors (Lipinski definition) is 3. The number of rotatable bonds is 2. The summed E-state index contributed by atoms with van der Waals surface area (Å²) in [5, 5.41) is 0. The SMILES string of the molecule is Cc1sc(COC(N)=O)c(C)c1C. The highest BCUT2D eigenvalue weighted by Crippen LogP contribution is 2.26. The van der Waals surface area contributed by atoms with Gasteiger partial charge in [-0.05, 0) is 31.9 Å². The third-order valence-electron chi connectivity index (χ3n) is 2.13. The standard InChI is InChI=1S/C9H13NO2S/c1-5-6(2)8(13-7(5)3)4-12-9(10)11/h4H2,1-3H3,(H2,10,11). The van der Waals surface area contributed by atoms with Crippen molar-refractivity contribution in [1.29, 1.82) is 0 Å². The van der Waals surface area contributed by atoms with Gasteiger partial charge in [0.1, 0.15) is 6.61 Å². The van der Waals surface area contributed by atoms with Crippen molar-refractivity contribution >= 4 is 17.4 Å². The van der Waals surface area contributed by atoms with Gasteiger partial charge in [-0.2, -0.15) is 0 Å². The van der Waals surface area contributed by atoms with Gasteiger partial charge >= 0.3 is 6.09 Å². The highest BCUT2D eigenvalue weighted by molar-refractivity contribution is 7.12. The van der Waals surface area contributed by atoms with Crippen LogP contribution in [0.4, 0.5) is 4.79 Å². The van der Waals surface area contributed by atoms with Crippen molar-refractivity contribution in [2.24, 2.45) is 5.73 Å². The molecule has 4 heteroatoms. The largest absolute Gasteiger partial charge is 0.444 e. The molecule has 1 heterocycles. The van der Waals surface area contributed by atoms with E-state index in [0.717, 1.165) is 4.88 Å². The molecule has 0 bridgehead atoms. The number of thiophene rings is 1. The van der Waals surface area contributed by atoms with E-state index in [4.69, 9.17) is 10.5 Å². The number of carbonyl (C=O) groups excluding carboxylic acids is 1. The summed E-state index contributed by atoms with van der Waals surface area (Å²) in [6, 6.07) is 0. The summed E-state index contributed by atoms with van der Waals surface area (Å²) < 4.78 is 4.73. The number of hydrogen-bond donors (Lipinski definition) is 1. The van der Waals surface area contributed by atoms with Gasteiger partial charge in [0, 0.05) is 9.75 Å². The molecule has 0 aliphatic heterocycles. The second-order valence-electron chi connectivity index (χ2n) is 2.94. The summed E-state index contributed by atoms with van der Waals surface area (Å²) in [6.45, 7) is 6.44. The molecule has 0 aromatic carbocycles. The molecule has 3 nitrogen and oxygen atoms in total. The normalized spacial score (nSPS) is 10.1. The monoisotopic (exact) mass is 199 g/mol. The number of ether oxygens (including phenoxy) is 1. The van der Waals surface area contributed by atoms with Gasteiger partial charge in [0.2, 0.25) is 0 Å². The summed E-state index contributed by atoms with van der Waals surface area (Å²) in [4.78, 5) is 12.7. The van der Waals surface area contributed by atoms with Crippen molar-refractivity contribution in [3.8, 4) is 0 Å². The Kier molecular flexibility index (Phi) is 2.93.